The summed E-state index contributed by atoms with van der Waals surface area (Å²) in [4.78, 5) is 27.9. The van der Waals surface area contributed by atoms with Gasteiger partial charge in [0.15, 0.2) is 0 Å². The maximum Gasteiger partial charge on any atom is 0.232 e. The predicted molar refractivity (Wildman–Crippen MR) is 81.9 cm³/mol. The van der Waals surface area contributed by atoms with E-state index in [0.29, 0.717) is 28.2 Å². The van der Waals surface area contributed by atoms with Gasteiger partial charge in [0.1, 0.15) is 6.33 Å². The van der Waals surface area contributed by atoms with Gasteiger partial charge in [0.05, 0.1) is 12.5 Å². The third-order valence-electron chi connectivity index (χ3n) is 3.19. The van der Waals surface area contributed by atoms with Crippen molar-refractivity contribution >= 4 is 46.7 Å². The van der Waals surface area contributed by atoms with Crippen molar-refractivity contribution in [3.8, 4) is 0 Å². The Morgan fingerprint density at radius 2 is 2.09 bits per heavy atom. The number of carbonyl (C=O) groups excluding carboxylic acids is 2. The number of rotatable bonds is 3. The van der Waals surface area contributed by atoms with Gasteiger partial charge in [-0.3, -0.25) is 14.9 Å². The number of benzene rings is 1. The molecule has 0 aliphatic carbocycles. The first-order valence-electron chi connectivity index (χ1n) is 6.46. The average molecular weight is 340 g/mol. The van der Waals surface area contributed by atoms with Crippen molar-refractivity contribution in [2.45, 2.75) is 13.0 Å². The van der Waals surface area contributed by atoms with Gasteiger partial charge < -0.3 is 5.32 Å². The summed E-state index contributed by atoms with van der Waals surface area (Å²) < 4.78 is 1.55. The van der Waals surface area contributed by atoms with Crippen LogP contribution in [0.3, 0.4) is 0 Å². The van der Waals surface area contributed by atoms with E-state index in [0.717, 1.165) is 0 Å². The lowest BCUT2D eigenvalue weighted by molar-refractivity contribution is -0.125. The van der Waals surface area contributed by atoms with E-state index in [4.69, 9.17) is 23.2 Å². The average Bonchev–Trinajstić information content (AvgIpc) is 2.84. The minimum Gasteiger partial charge on any atom is -0.326 e. The van der Waals surface area contributed by atoms with Crippen molar-refractivity contribution in [2.24, 2.45) is 5.92 Å². The SMILES string of the molecule is O=C(CC1Cn2ncnc2NC1=O)Nc1cc(Cl)cc(Cl)c1. The number of hydrogen-bond donors (Lipinski definition) is 2. The predicted octanol–water partition coefficient (Wildman–Crippen LogP) is 2.18. The van der Waals surface area contributed by atoms with Crippen LogP contribution in [0, 0.1) is 5.92 Å². The van der Waals surface area contributed by atoms with Crippen LogP contribution in [0.2, 0.25) is 10.0 Å². The molecular weight excluding hydrogens is 329 g/mol. The summed E-state index contributed by atoms with van der Waals surface area (Å²) in [6.45, 7) is 0.310. The molecule has 0 saturated heterocycles. The second kappa shape index (κ2) is 5.94. The zero-order valence-electron chi connectivity index (χ0n) is 11.2. The number of halogens is 2. The first-order chi connectivity index (χ1) is 10.5. The number of amides is 2. The second-order valence-electron chi connectivity index (χ2n) is 4.86. The third-order valence-corrected chi connectivity index (χ3v) is 3.63. The van der Waals surface area contributed by atoms with Crippen LogP contribution in [0.5, 0.6) is 0 Å². The molecule has 1 aromatic heterocycles. The Morgan fingerprint density at radius 3 is 2.82 bits per heavy atom. The summed E-state index contributed by atoms with van der Waals surface area (Å²) in [6.07, 6.45) is 1.38. The van der Waals surface area contributed by atoms with E-state index in [-0.39, 0.29) is 18.2 Å². The zero-order chi connectivity index (χ0) is 15.7. The Morgan fingerprint density at radius 1 is 1.36 bits per heavy atom. The van der Waals surface area contributed by atoms with Gasteiger partial charge in [-0.1, -0.05) is 23.2 Å². The second-order valence-corrected chi connectivity index (χ2v) is 5.74. The Balaban J connectivity index is 1.66. The number of anilines is 2. The molecule has 0 fully saturated rings. The van der Waals surface area contributed by atoms with Gasteiger partial charge in [-0.15, -0.1) is 0 Å². The molecule has 1 aliphatic heterocycles. The van der Waals surface area contributed by atoms with Gasteiger partial charge in [0.25, 0.3) is 0 Å². The highest BCUT2D eigenvalue weighted by atomic mass is 35.5. The lowest BCUT2D eigenvalue weighted by atomic mass is 10.0. The van der Waals surface area contributed by atoms with Gasteiger partial charge in [0, 0.05) is 22.2 Å². The van der Waals surface area contributed by atoms with E-state index in [9.17, 15) is 9.59 Å². The van der Waals surface area contributed by atoms with Gasteiger partial charge in [-0.2, -0.15) is 10.1 Å². The van der Waals surface area contributed by atoms with Gasteiger partial charge >= 0.3 is 0 Å². The van der Waals surface area contributed by atoms with Crippen molar-refractivity contribution in [1.82, 2.24) is 14.8 Å². The molecule has 0 bridgehead atoms. The molecule has 1 unspecified atom stereocenters. The normalized spacial score (nSPS) is 16.8. The smallest absolute Gasteiger partial charge is 0.232 e. The van der Waals surface area contributed by atoms with Crippen LogP contribution in [-0.2, 0) is 16.1 Å². The van der Waals surface area contributed by atoms with Gasteiger partial charge in [0.2, 0.25) is 17.8 Å². The highest BCUT2D eigenvalue weighted by Gasteiger charge is 2.29. The highest BCUT2D eigenvalue weighted by Crippen LogP contribution is 2.23. The fourth-order valence-corrected chi connectivity index (χ4v) is 2.74. The number of hydrogen-bond acceptors (Lipinski definition) is 4. The van der Waals surface area contributed by atoms with Crippen LogP contribution in [0.25, 0.3) is 0 Å². The molecule has 0 radical (unpaired) electrons. The lowest BCUT2D eigenvalue weighted by Crippen LogP contribution is -2.36. The molecule has 1 aromatic carbocycles. The molecule has 0 saturated carbocycles. The molecule has 114 valence electrons. The molecule has 9 heteroatoms. The molecule has 2 heterocycles. The summed E-state index contributed by atoms with van der Waals surface area (Å²) in [6, 6.07) is 4.74. The van der Waals surface area contributed by atoms with Crippen molar-refractivity contribution < 1.29 is 9.59 Å². The summed E-state index contributed by atoms with van der Waals surface area (Å²) in [5, 5.41) is 10.1. The Labute approximate surface area is 135 Å². The van der Waals surface area contributed by atoms with Crippen molar-refractivity contribution in [1.29, 1.82) is 0 Å². The molecule has 2 N–H and O–H groups in total. The molecule has 22 heavy (non-hydrogen) atoms. The molecule has 1 aliphatic rings. The van der Waals surface area contributed by atoms with E-state index in [1.54, 1.807) is 22.9 Å². The first kappa shape index (κ1) is 14.8. The number of nitrogens with zero attached hydrogens (tertiary/aromatic N) is 3. The fraction of sp³-hybridized carbons (Fsp3) is 0.231. The fourth-order valence-electron chi connectivity index (χ4n) is 2.22. The highest BCUT2D eigenvalue weighted by molar-refractivity contribution is 6.35. The maximum atomic E-state index is 12.1. The maximum absolute atomic E-state index is 12.1. The van der Waals surface area contributed by atoms with E-state index < -0.39 is 5.92 Å². The molecule has 1 atom stereocenters. The van der Waals surface area contributed by atoms with E-state index >= 15 is 0 Å². The minimum atomic E-state index is -0.510. The van der Waals surface area contributed by atoms with Gasteiger partial charge in [-0.05, 0) is 18.2 Å². The van der Waals surface area contributed by atoms with Crippen molar-refractivity contribution in [3.05, 3.63) is 34.6 Å². The van der Waals surface area contributed by atoms with Crippen LogP contribution in [-0.4, -0.2) is 26.6 Å². The standard InChI is InChI=1S/C13H11Cl2N5O2/c14-8-2-9(15)4-10(3-8)18-11(21)1-7-5-20-13(16-6-17-20)19-12(7)22/h2-4,6-7H,1,5H2,(H,18,21)(H,16,17,19,22). The molecule has 3 rings (SSSR count). The monoisotopic (exact) mass is 339 g/mol. The summed E-state index contributed by atoms with van der Waals surface area (Å²) >= 11 is 11.7. The molecule has 0 spiro atoms. The van der Waals surface area contributed by atoms with Crippen molar-refractivity contribution in [2.75, 3.05) is 10.6 Å². The number of fused-ring (bicyclic) bond motifs is 1. The summed E-state index contributed by atoms with van der Waals surface area (Å²) in [5.41, 5.74) is 0.486. The molecule has 7 nitrogen and oxygen atoms in total. The van der Waals surface area contributed by atoms with E-state index in [2.05, 4.69) is 20.7 Å². The van der Waals surface area contributed by atoms with Crippen LogP contribution < -0.4 is 10.6 Å². The molecule has 2 amide bonds. The number of aromatic nitrogens is 3. The van der Waals surface area contributed by atoms with E-state index in [1.165, 1.54) is 6.33 Å². The first-order valence-corrected chi connectivity index (χ1v) is 7.21. The minimum absolute atomic E-state index is 0.0231. The Kier molecular flexibility index (Phi) is 4.00. The van der Waals surface area contributed by atoms with Crippen LogP contribution >= 0.6 is 23.2 Å². The molecular formula is C13H11Cl2N5O2. The van der Waals surface area contributed by atoms with E-state index in [1.807, 2.05) is 0 Å². The number of carbonyl (C=O) groups is 2. The zero-order valence-corrected chi connectivity index (χ0v) is 12.7. The lowest BCUT2D eigenvalue weighted by Gasteiger charge is -2.21. The van der Waals surface area contributed by atoms with Crippen LogP contribution in [0.4, 0.5) is 11.6 Å². The largest absolute Gasteiger partial charge is 0.326 e. The summed E-state index contributed by atoms with van der Waals surface area (Å²) in [7, 11) is 0. The van der Waals surface area contributed by atoms with Gasteiger partial charge in [-0.25, -0.2) is 4.68 Å². The Hall–Kier alpha value is -2.12. The number of nitrogens with one attached hydrogen (secondary N) is 2. The topological polar surface area (TPSA) is 88.9 Å². The summed E-state index contributed by atoms with van der Waals surface area (Å²) in [5.74, 6) is -0.672. The van der Waals surface area contributed by atoms with Crippen molar-refractivity contribution in [3.63, 3.8) is 0 Å². The van der Waals surface area contributed by atoms with Crippen LogP contribution in [0.1, 0.15) is 6.42 Å². The molecule has 2 aromatic rings. The van der Waals surface area contributed by atoms with Crippen LogP contribution in [0.15, 0.2) is 24.5 Å². The Bertz CT molecular complexity index is 726. The third kappa shape index (κ3) is 3.20. The quantitative estimate of drug-likeness (QED) is 0.896.